The van der Waals surface area contributed by atoms with Crippen molar-refractivity contribution in [3.8, 4) is 0 Å². The highest BCUT2D eigenvalue weighted by Crippen LogP contribution is 2.28. The van der Waals surface area contributed by atoms with Crippen molar-refractivity contribution in [2.45, 2.75) is 34.6 Å². The Morgan fingerprint density at radius 3 is 2.46 bits per heavy atom. The smallest absolute Gasteiger partial charge is 0.309 e. The van der Waals surface area contributed by atoms with Gasteiger partial charge in [0.15, 0.2) is 0 Å². The summed E-state index contributed by atoms with van der Waals surface area (Å²) in [7, 11) is 0. The van der Waals surface area contributed by atoms with Crippen LogP contribution < -0.4 is 0 Å². The third kappa shape index (κ3) is 3.62. The van der Waals surface area contributed by atoms with E-state index in [-0.39, 0.29) is 17.3 Å². The van der Waals surface area contributed by atoms with Crippen LogP contribution in [0.1, 0.15) is 34.6 Å². The number of carbonyl (C=O) groups excluding carboxylic acids is 1. The Morgan fingerprint density at radius 2 is 2.08 bits per heavy atom. The van der Waals surface area contributed by atoms with Gasteiger partial charge in [-0.25, -0.2) is 0 Å². The molecule has 1 unspecified atom stereocenters. The van der Waals surface area contributed by atoms with Gasteiger partial charge in [-0.05, 0) is 19.3 Å². The Morgan fingerprint density at radius 1 is 1.54 bits per heavy atom. The number of allylic oxidation sites excluding steroid dienone is 2. The summed E-state index contributed by atoms with van der Waals surface area (Å²) in [5.74, 6) is -0.214. The molecule has 0 aliphatic rings. The van der Waals surface area contributed by atoms with Gasteiger partial charge in [0.05, 0.1) is 12.5 Å². The fourth-order valence-electron chi connectivity index (χ4n) is 1.14. The maximum Gasteiger partial charge on any atom is 0.309 e. The molecule has 1 atom stereocenters. The number of hydrogen-bond acceptors (Lipinski definition) is 2. The molecule has 0 aromatic heterocycles. The van der Waals surface area contributed by atoms with Crippen molar-refractivity contribution in [3.63, 3.8) is 0 Å². The average Bonchev–Trinajstić information content (AvgIpc) is 2.03. The van der Waals surface area contributed by atoms with Gasteiger partial charge in [0.2, 0.25) is 0 Å². The molecule has 0 rings (SSSR count). The lowest BCUT2D eigenvalue weighted by Gasteiger charge is -2.26. The molecule has 0 bridgehead atoms. The van der Waals surface area contributed by atoms with Crippen LogP contribution in [0.4, 0.5) is 0 Å². The lowest BCUT2D eigenvalue weighted by atomic mass is 9.80. The molecule has 2 nitrogen and oxygen atoms in total. The normalized spacial score (nSPS) is 14.5. The Hall–Kier alpha value is -0.790. The van der Waals surface area contributed by atoms with E-state index in [0.717, 1.165) is 0 Å². The molecule has 13 heavy (non-hydrogen) atoms. The first-order chi connectivity index (χ1) is 5.95. The summed E-state index contributed by atoms with van der Waals surface area (Å²) < 4.78 is 4.96. The molecule has 76 valence electrons. The van der Waals surface area contributed by atoms with Crippen molar-refractivity contribution in [1.29, 1.82) is 0 Å². The number of rotatable bonds is 4. The molecule has 0 fully saturated rings. The van der Waals surface area contributed by atoms with Crippen molar-refractivity contribution < 1.29 is 9.53 Å². The molecular formula is C11H20O2. The average molecular weight is 184 g/mol. The summed E-state index contributed by atoms with van der Waals surface area (Å²) in [6.07, 6.45) is 4.00. The standard InChI is InChI=1S/C11H20O2/c1-6-8-11(4,5)9(3)10(12)13-7-2/h6,8-9H,7H2,1-5H3. The molecule has 0 saturated heterocycles. The maximum atomic E-state index is 11.4. The van der Waals surface area contributed by atoms with Gasteiger partial charge in [-0.2, -0.15) is 0 Å². The van der Waals surface area contributed by atoms with Gasteiger partial charge in [0.25, 0.3) is 0 Å². The van der Waals surface area contributed by atoms with Gasteiger partial charge in [-0.3, -0.25) is 4.79 Å². The molecule has 0 saturated carbocycles. The summed E-state index contributed by atoms with van der Waals surface area (Å²) in [4.78, 5) is 11.4. The van der Waals surface area contributed by atoms with Crippen LogP contribution in [0.3, 0.4) is 0 Å². The topological polar surface area (TPSA) is 26.3 Å². The Labute approximate surface area is 81.0 Å². The molecule has 0 aromatic carbocycles. The van der Waals surface area contributed by atoms with Crippen molar-refractivity contribution in [1.82, 2.24) is 0 Å². The van der Waals surface area contributed by atoms with Crippen molar-refractivity contribution in [2.75, 3.05) is 6.61 Å². The van der Waals surface area contributed by atoms with Crippen molar-refractivity contribution >= 4 is 5.97 Å². The van der Waals surface area contributed by atoms with E-state index in [9.17, 15) is 4.79 Å². The molecule has 0 aliphatic carbocycles. The van der Waals surface area contributed by atoms with E-state index in [4.69, 9.17) is 4.74 Å². The zero-order valence-corrected chi connectivity index (χ0v) is 9.26. The molecule has 0 aromatic rings. The fourth-order valence-corrected chi connectivity index (χ4v) is 1.14. The van der Waals surface area contributed by atoms with Crippen LogP contribution in [0, 0.1) is 11.3 Å². The third-order valence-corrected chi connectivity index (χ3v) is 2.35. The van der Waals surface area contributed by atoms with E-state index in [1.807, 2.05) is 46.8 Å². The van der Waals surface area contributed by atoms with Crippen LogP contribution in [-0.4, -0.2) is 12.6 Å². The minimum Gasteiger partial charge on any atom is -0.466 e. The Kier molecular flexibility index (Phi) is 4.74. The minimum atomic E-state index is -0.124. The van der Waals surface area contributed by atoms with E-state index < -0.39 is 0 Å². The first kappa shape index (κ1) is 12.2. The summed E-state index contributed by atoms with van der Waals surface area (Å²) in [5.41, 5.74) is -0.124. The number of esters is 1. The van der Waals surface area contributed by atoms with Gasteiger partial charge >= 0.3 is 5.97 Å². The van der Waals surface area contributed by atoms with E-state index in [1.165, 1.54) is 0 Å². The third-order valence-electron chi connectivity index (χ3n) is 2.35. The van der Waals surface area contributed by atoms with Crippen LogP contribution in [0.25, 0.3) is 0 Å². The highest BCUT2D eigenvalue weighted by Gasteiger charge is 2.29. The maximum absolute atomic E-state index is 11.4. The second-order valence-corrected chi connectivity index (χ2v) is 3.80. The zero-order chi connectivity index (χ0) is 10.5. The molecule has 0 spiro atoms. The van der Waals surface area contributed by atoms with Crippen LogP contribution >= 0.6 is 0 Å². The van der Waals surface area contributed by atoms with Crippen molar-refractivity contribution in [3.05, 3.63) is 12.2 Å². The number of ether oxygens (including phenoxy) is 1. The summed E-state index contributed by atoms with van der Waals surface area (Å²) >= 11 is 0. The summed E-state index contributed by atoms with van der Waals surface area (Å²) in [6.45, 7) is 10.2. The SMILES string of the molecule is CC=CC(C)(C)C(C)C(=O)OCC. The molecule has 0 radical (unpaired) electrons. The van der Waals surface area contributed by atoms with E-state index >= 15 is 0 Å². The summed E-state index contributed by atoms with van der Waals surface area (Å²) in [5, 5.41) is 0. The van der Waals surface area contributed by atoms with E-state index in [0.29, 0.717) is 6.61 Å². The van der Waals surface area contributed by atoms with Crippen LogP contribution in [0.15, 0.2) is 12.2 Å². The van der Waals surface area contributed by atoms with Crippen molar-refractivity contribution in [2.24, 2.45) is 11.3 Å². The molecule has 0 heterocycles. The van der Waals surface area contributed by atoms with Gasteiger partial charge in [-0.15, -0.1) is 0 Å². The molecule has 0 aliphatic heterocycles. The molecule has 2 heteroatoms. The van der Waals surface area contributed by atoms with Gasteiger partial charge < -0.3 is 4.74 Å². The lowest BCUT2D eigenvalue weighted by Crippen LogP contribution is -2.28. The van der Waals surface area contributed by atoms with E-state index in [2.05, 4.69) is 0 Å². The van der Waals surface area contributed by atoms with Crippen LogP contribution in [-0.2, 0) is 9.53 Å². The van der Waals surface area contributed by atoms with Crippen LogP contribution in [0.5, 0.6) is 0 Å². The Bertz CT molecular complexity index is 192. The molecule has 0 N–H and O–H groups in total. The highest BCUT2D eigenvalue weighted by atomic mass is 16.5. The minimum absolute atomic E-state index is 0.0938. The zero-order valence-electron chi connectivity index (χ0n) is 9.26. The van der Waals surface area contributed by atoms with Crippen LogP contribution in [0.2, 0.25) is 0 Å². The lowest BCUT2D eigenvalue weighted by molar-refractivity contribution is -0.150. The second-order valence-electron chi connectivity index (χ2n) is 3.80. The first-order valence-electron chi connectivity index (χ1n) is 4.76. The monoisotopic (exact) mass is 184 g/mol. The molecule has 0 amide bonds. The predicted molar refractivity (Wildman–Crippen MR) is 54.4 cm³/mol. The Balaban J connectivity index is 4.38. The number of carbonyl (C=O) groups is 1. The predicted octanol–water partition coefficient (Wildman–Crippen LogP) is 2.79. The van der Waals surface area contributed by atoms with E-state index in [1.54, 1.807) is 0 Å². The van der Waals surface area contributed by atoms with Gasteiger partial charge in [0, 0.05) is 0 Å². The second kappa shape index (κ2) is 5.05. The first-order valence-corrected chi connectivity index (χ1v) is 4.76. The van der Waals surface area contributed by atoms with Gasteiger partial charge in [-0.1, -0.05) is 32.9 Å². The highest BCUT2D eigenvalue weighted by molar-refractivity contribution is 5.73. The van der Waals surface area contributed by atoms with Gasteiger partial charge in [0.1, 0.15) is 0 Å². The fraction of sp³-hybridized carbons (Fsp3) is 0.727. The largest absolute Gasteiger partial charge is 0.466 e. The summed E-state index contributed by atoms with van der Waals surface area (Å²) in [6, 6.07) is 0. The number of hydrogen-bond donors (Lipinski definition) is 0. The molecular weight excluding hydrogens is 164 g/mol. The quantitative estimate of drug-likeness (QED) is 0.496.